The highest BCUT2D eigenvalue weighted by Gasteiger charge is 2.15. The van der Waals surface area contributed by atoms with Crippen LogP contribution in [0.3, 0.4) is 0 Å². The Hall–Kier alpha value is -2.68. The van der Waals surface area contributed by atoms with E-state index in [4.69, 9.17) is 0 Å². The summed E-state index contributed by atoms with van der Waals surface area (Å²) in [7, 11) is 2.17. The van der Waals surface area contributed by atoms with Crippen molar-refractivity contribution in [2.75, 3.05) is 46.3 Å². The van der Waals surface area contributed by atoms with Crippen LogP contribution < -0.4 is 0 Å². The van der Waals surface area contributed by atoms with E-state index in [0.29, 0.717) is 24.2 Å². The SMILES string of the molecule is CCN(CC)C(=O)c1ccc(-c2ccc(CN3CCCN(C)CC3)cc2C#N)cc1. The summed E-state index contributed by atoms with van der Waals surface area (Å²) in [6, 6.07) is 16.1. The molecule has 0 atom stereocenters. The van der Waals surface area contributed by atoms with E-state index in [-0.39, 0.29) is 5.91 Å². The molecule has 30 heavy (non-hydrogen) atoms. The Labute approximate surface area is 180 Å². The van der Waals surface area contributed by atoms with Gasteiger partial charge in [0.1, 0.15) is 0 Å². The number of carbonyl (C=O) groups excluding carboxylic acids is 1. The number of rotatable bonds is 6. The van der Waals surface area contributed by atoms with Crippen LogP contribution >= 0.6 is 0 Å². The van der Waals surface area contributed by atoms with Crippen LogP contribution in [0.25, 0.3) is 11.1 Å². The highest BCUT2D eigenvalue weighted by molar-refractivity contribution is 5.94. The number of nitriles is 1. The first-order valence-electron chi connectivity index (χ1n) is 10.9. The minimum absolute atomic E-state index is 0.0468. The lowest BCUT2D eigenvalue weighted by molar-refractivity contribution is 0.0773. The normalized spacial score (nSPS) is 15.4. The zero-order valence-corrected chi connectivity index (χ0v) is 18.4. The first-order chi connectivity index (χ1) is 14.5. The molecule has 158 valence electrons. The maximum absolute atomic E-state index is 12.5. The molecule has 1 aliphatic rings. The molecule has 1 aliphatic heterocycles. The predicted molar refractivity (Wildman–Crippen MR) is 121 cm³/mol. The summed E-state index contributed by atoms with van der Waals surface area (Å²) in [6.07, 6.45) is 1.18. The van der Waals surface area contributed by atoms with E-state index in [9.17, 15) is 10.1 Å². The van der Waals surface area contributed by atoms with E-state index in [2.05, 4.69) is 29.0 Å². The van der Waals surface area contributed by atoms with E-state index < -0.39 is 0 Å². The van der Waals surface area contributed by atoms with Crippen LogP contribution in [0, 0.1) is 11.3 Å². The lowest BCUT2D eigenvalue weighted by atomic mass is 9.97. The number of hydrogen-bond donors (Lipinski definition) is 0. The molecule has 1 amide bonds. The highest BCUT2D eigenvalue weighted by atomic mass is 16.2. The van der Waals surface area contributed by atoms with Crippen LogP contribution in [0.15, 0.2) is 42.5 Å². The Balaban J connectivity index is 1.76. The van der Waals surface area contributed by atoms with Crippen molar-refractivity contribution < 1.29 is 4.79 Å². The molecule has 0 spiro atoms. The summed E-state index contributed by atoms with van der Waals surface area (Å²) in [5.41, 5.74) is 4.42. The zero-order chi connectivity index (χ0) is 21.5. The predicted octanol–water partition coefficient (Wildman–Crippen LogP) is 3.84. The molecule has 2 aromatic carbocycles. The lowest BCUT2D eigenvalue weighted by Gasteiger charge is -2.20. The molecular formula is C25H32N4O. The quantitative estimate of drug-likeness (QED) is 0.734. The van der Waals surface area contributed by atoms with Crippen molar-refractivity contribution in [1.82, 2.24) is 14.7 Å². The number of benzene rings is 2. The van der Waals surface area contributed by atoms with Crippen LogP contribution in [0.2, 0.25) is 0 Å². The summed E-state index contributed by atoms with van der Waals surface area (Å²) < 4.78 is 0. The van der Waals surface area contributed by atoms with Gasteiger partial charge in [-0.25, -0.2) is 0 Å². The van der Waals surface area contributed by atoms with Crippen molar-refractivity contribution >= 4 is 5.91 Å². The topological polar surface area (TPSA) is 50.6 Å². The molecule has 0 bridgehead atoms. The fourth-order valence-electron chi connectivity index (χ4n) is 4.04. The second kappa shape index (κ2) is 10.4. The first-order valence-corrected chi connectivity index (χ1v) is 10.9. The average molecular weight is 405 g/mol. The van der Waals surface area contributed by atoms with Gasteiger partial charge in [-0.15, -0.1) is 0 Å². The largest absolute Gasteiger partial charge is 0.339 e. The van der Waals surface area contributed by atoms with Gasteiger partial charge in [0.25, 0.3) is 5.91 Å². The number of hydrogen-bond acceptors (Lipinski definition) is 4. The standard InChI is InChI=1S/C25H32N4O/c1-4-29(5-2)25(30)22-10-8-21(9-11-22)24-12-7-20(17-23(24)18-26)19-28-14-6-13-27(3)15-16-28/h7-12,17H,4-6,13-16,19H2,1-3H3. The number of nitrogens with zero attached hydrogens (tertiary/aromatic N) is 4. The molecule has 1 saturated heterocycles. The Bertz CT molecular complexity index is 896. The monoisotopic (exact) mass is 404 g/mol. The summed E-state index contributed by atoms with van der Waals surface area (Å²) >= 11 is 0. The van der Waals surface area contributed by atoms with E-state index in [1.54, 1.807) is 0 Å². The van der Waals surface area contributed by atoms with Gasteiger partial charge in [-0.1, -0.05) is 24.3 Å². The molecule has 0 aromatic heterocycles. The van der Waals surface area contributed by atoms with E-state index in [1.807, 2.05) is 55.1 Å². The van der Waals surface area contributed by atoms with Crippen molar-refractivity contribution in [3.8, 4) is 17.2 Å². The zero-order valence-electron chi connectivity index (χ0n) is 18.4. The van der Waals surface area contributed by atoms with E-state index in [1.165, 1.54) is 12.0 Å². The Morgan fingerprint density at radius 1 is 1.03 bits per heavy atom. The molecule has 0 saturated carbocycles. The Morgan fingerprint density at radius 3 is 2.43 bits per heavy atom. The average Bonchev–Trinajstić information content (AvgIpc) is 2.98. The summed E-state index contributed by atoms with van der Waals surface area (Å²) in [5, 5.41) is 9.74. The van der Waals surface area contributed by atoms with Gasteiger partial charge in [-0.05, 0) is 75.3 Å². The fraction of sp³-hybridized carbons (Fsp3) is 0.440. The van der Waals surface area contributed by atoms with Gasteiger partial charge in [-0.2, -0.15) is 5.26 Å². The third-order valence-corrected chi connectivity index (χ3v) is 5.92. The molecule has 1 fully saturated rings. The smallest absolute Gasteiger partial charge is 0.253 e. The highest BCUT2D eigenvalue weighted by Crippen LogP contribution is 2.26. The van der Waals surface area contributed by atoms with Crippen molar-refractivity contribution in [3.05, 3.63) is 59.2 Å². The third kappa shape index (κ3) is 5.27. The van der Waals surface area contributed by atoms with E-state index >= 15 is 0 Å². The number of likely N-dealkylation sites (N-methyl/N-ethyl adjacent to an activating group) is 1. The Morgan fingerprint density at radius 2 is 1.77 bits per heavy atom. The second-order valence-electron chi connectivity index (χ2n) is 7.98. The van der Waals surface area contributed by atoms with Gasteiger partial charge in [0.15, 0.2) is 0 Å². The number of carbonyl (C=O) groups is 1. The minimum atomic E-state index is 0.0468. The van der Waals surface area contributed by atoms with Crippen LogP contribution in [0.5, 0.6) is 0 Å². The van der Waals surface area contributed by atoms with Gasteiger partial charge in [0.2, 0.25) is 0 Å². The molecule has 5 nitrogen and oxygen atoms in total. The van der Waals surface area contributed by atoms with Crippen molar-refractivity contribution in [1.29, 1.82) is 5.26 Å². The van der Waals surface area contributed by atoms with Crippen molar-refractivity contribution in [3.63, 3.8) is 0 Å². The summed E-state index contributed by atoms with van der Waals surface area (Å²) in [5.74, 6) is 0.0468. The Kier molecular flexibility index (Phi) is 7.62. The second-order valence-corrected chi connectivity index (χ2v) is 7.98. The van der Waals surface area contributed by atoms with Gasteiger partial charge in [-0.3, -0.25) is 9.69 Å². The van der Waals surface area contributed by atoms with Crippen molar-refractivity contribution in [2.24, 2.45) is 0 Å². The van der Waals surface area contributed by atoms with Crippen LogP contribution in [0.4, 0.5) is 0 Å². The summed E-state index contributed by atoms with van der Waals surface area (Å²) in [4.78, 5) is 19.2. The molecular weight excluding hydrogens is 372 g/mol. The van der Waals surface area contributed by atoms with Crippen LogP contribution in [-0.2, 0) is 6.54 Å². The minimum Gasteiger partial charge on any atom is -0.339 e. The molecule has 1 heterocycles. The fourth-order valence-corrected chi connectivity index (χ4v) is 4.04. The number of amides is 1. The molecule has 0 N–H and O–H groups in total. The lowest BCUT2D eigenvalue weighted by Crippen LogP contribution is -2.30. The van der Waals surface area contributed by atoms with Gasteiger partial charge < -0.3 is 9.80 Å². The van der Waals surface area contributed by atoms with Crippen molar-refractivity contribution in [2.45, 2.75) is 26.8 Å². The van der Waals surface area contributed by atoms with Gasteiger partial charge >= 0.3 is 0 Å². The van der Waals surface area contributed by atoms with Gasteiger partial charge in [0, 0.05) is 38.3 Å². The van der Waals surface area contributed by atoms with Gasteiger partial charge in [0.05, 0.1) is 11.6 Å². The molecule has 0 aliphatic carbocycles. The molecule has 0 unspecified atom stereocenters. The molecule has 0 radical (unpaired) electrons. The first kappa shape index (κ1) is 22.0. The van der Waals surface area contributed by atoms with Crippen LogP contribution in [-0.4, -0.2) is 66.9 Å². The third-order valence-electron chi connectivity index (χ3n) is 5.92. The van der Waals surface area contributed by atoms with Crippen LogP contribution in [0.1, 0.15) is 41.8 Å². The molecule has 5 heteroatoms. The maximum atomic E-state index is 12.5. The summed E-state index contributed by atoms with van der Waals surface area (Å²) in [6.45, 7) is 10.6. The van der Waals surface area contributed by atoms with E-state index in [0.717, 1.165) is 43.9 Å². The molecule has 3 rings (SSSR count). The molecule has 2 aromatic rings. The maximum Gasteiger partial charge on any atom is 0.253 e.